The quantitative estimate of drug-likeness (QED) is 0.560. The lowest BCUT2D eigenvalue weighted by atomic mass is 9.98. The molecule has 0 aliphatic heterocycles. The Hall–Kier alpha value is -2.46. The summed E-state index contributed by atoms with van der Waals surface area (Å²) in [7, 11) is 0. The van der Waals surface area contributed by atoms with Gasteiger partial charge in [-0.2, -0.15) is 10.5 Å². The predicted octanol–water partition coefficient (Wildman–Crippen LogP) is 1.57. The zero-order valence-corrected chi connectivity index (χ0v) is 7.86. The zero-order valence-electron chi connectivity index (χ0n) is 7.86. The van der Waals surface area contributed by atoms with E-state index in [4.69, 9.17) is 10.5 Å². The number of nitriles is 2. The second-order valence-corrected chi connectivity index (χ2v) is 2.86. The lowest BCUT2D eigenvalue weighted by molar-refractivity contribution is 0.402. The van der Waals surface area contributed by atoms with Crippen molar-refractivity contribution in [2.45, 2.75) is 6.42 Å². The van der Waals surface area contributed by atoms with Crippen molar-refractivity contribution in [1.82, 2.24) is 0 Å². The van der Waals surface area contributed by atoms with Gasteiger partial charge in [0.05, 0.1) is 11.6 Å². The molecule has 2 N–H and O–H groups in total. The van der Waals surface area contributed by atoms with Crippen molar-refractivity contribution >= 4 is 0 Å². The van der Waals surface area contributed by atoms with Gasteiger partial charge in [-0.05, 0) is 12.0 Å². The largest absolute Gasteiger partial charge is 0.504 e. The fourth-order valence-corrected chi connectivity index (χ4v) is 1.27. The van der Waals surface area contributed by atoms with Gasteiger partial charge in [-0.3, -0.25) is 0 Å². The van der Waals surface area contributed by atoms with Crippen molar-refractivity contribution in [2.75, 3.05) is 0 Å². The molecular formula is C11H8N2O2. The summed E-state index contributed by atoms with van der Waals surface area (Å²) in [6.07, 6.45) is 1.81. The van der Waals surface area contributed by atoms with Gasteiger partial charge in [0, 0.05) is 6.07 Å². The summed E-state index contributed by atoms with van der Waals surface area (Å²) in [6, 6.07) is 4.74. The van der Waals surface area contributed by atoms with Crippen LogP contribution in [-0.4, -0.2) is 10.2 Å². The molecule has 0 fully saturated rings. The van der Waals surface area contributed by atoms with Gasteiger partial charge >= 0.3 is 0 Å². The number of phenolic OH excluding ortho intramolecular Hbond substituents is 2. The summed E-state index contributed by atoms with van der Waals surface area (Å²) in [6.45, 7) is 3.50. The minimum absolute atomic E-state index is 0.0774. The normalized spacial score (nSPS) is 8.93. The maximum absolute atomic E-state index is 9.41. The SMILES string of the molecule is C=CCc1c(C#N)cc(O)c(O)c1C#N. The molecule has 0 unspecified atom stereocenters. The first-order valence-electron chi connectivity index (χ1n) is 4.14. The molecule has 1 aromatic carbocycles. The molecule has 4 nitrogen and oxygen atoms in total. The number of nitrogens with zero attached hydrogens (tertiary/aromatic N) is 2. The molecule has 74 valence electrons. The highest BCUT2D eigenvalue weighted by atomic mass is 16.3. The van der Waals surface area contributed by atoms with Crippen LogP contribution in [0.3, 0.4) is 0 Å². The summed E-state index contributed by atoms with van der Waals surface area (Å²) < 4.78 is 0. The van der Waals surface area contributed by atoms with E-state index in [1.54, 1.807) is 6.07 Å². The summed E-state index contributed by atoms with van der Waals surface area (Å²) in [5, 5.41) is 36.3. The van der Waals surface area contributed by atoms with Gasteiger partial charge in [-0.15, -0.1) is 6.58 Å². The van der Waals surface area contributed by atoms with Crippen molar-refractivity contribution in [3.8, 4) is 23.6 Å². The van der Waals surface area contributed by atoms with E-state index in [0.717, 1.165) is 6.07 Å². The van der Waals surface area contributed by atoms with Crippen molar-refractivity contribution in [1.29, 1.82) is 10.5 Å². The number of benzene rings is 1. The van der Waals surface area contributed by atoms with E-state index in [9.17, 15) is 10.2 Å². The topological polar surface area (TPSA) is 88.0 Å². The van der Waals surface area contributed by atoms with Gasteiger partial charge in [-0.1, -0.05) is 6.08 Å². The van der Waals surface area contributed by atoms with Crippen molar-refractivity contribution in [3.63, 3.8) is 0 Å². The molecule has 1 rings (SSSR count). The van der Waals surface area contributed by atoms with E-state index in [1.165, 1.54) is 6.08 Å². The summed E-state index contributed by atoms with van der Waals surface area (Å²) >= 11 is 0. The lowest BCUT2D eigenvalue weighted by Crippen LogP contribution is -1.94. The monoisotopic (exact) mass is 200 g/mol. The first-order chi connectivity index (χ1) is 7.15. The Balaban J connectivity index is 3.59. The van der Waals surface area contributed by atoms with E-state index in [1.807, 2.05) is 6.07 Å². The number of rotatable bonds is 2. The average Bonchev–Trinajstić information content (AvgIpc) is 2.24. The van der Waals surface area contributed by atoms with Crippen LogP contribution in [0.5, 0.6) is 11.5 Å². The first-order valence-corrected chi connectivity index (χ1v) is 4.14. The maximum Gasteiger partial charge on any atom is 0.175 e. The summed E-state index contributed by atoms with van der Waals surface area (Å²) in [4.78, 5) is 0. The molecule has 0 aromatic heterocycles. The van der Waals surface area contributed by atoms with Gasteiger partial charge in [0.2, 0.25) is 0 Å². The third-order valence-electron chi connectivity index (χ3n) is 1.97. The molecule has 0 saturated carbocycles. The highest BCUT2D eigenvalue weighted by molar-refractivity contribution is 5.61. The van der Waals surface area contributed by atoms with Crippen LogP contribution < -0.4 is 0 Å². The molecule has 0 saturated heterocycles. The zero-order chi connectivity index (χ0) is 11.4. The lowest BCUT2D eigenvalue weighted by Gasteiger charge is -2.07. The standard InChI is InChI=1S/C11H8N2O2/c1-2-3-8-7(5-12)4-10(14)11(15)9(8)6-13/h2,4,14-15H,1,3H2. The number of hydrogen-bond acceptors (Lipinski definition) is 4. The molecule has 4 heteroatoms. The van der Waals surface area contributed by atoms with Crippen LogP contribution in [0.15, 0.2) is 18.7 Å². The average molecular weight is 200 g/mol. The van der Waals surface area contributed by atoms with Crippen LogP contribution in [-0.2, 0) is 6.42 Å². The van der Waals surface area contributed by atoms with E-state index in [2.05, 4.69) is 6.58 Å². The van der Waals surface area contributed by atoms with Crippen LogP contribution in [0.1, 0.15) is 16.7 Å². The van der Waals surface area contributed by atoms with Gasteiger partial charge in [0.25, 0.3) is 0 Å². The van der Waals surface area contributed by atoms with Gasteiger partial charge in [0.15, 0.2) is 11.5 Å². The third-order valence-corrected chi connectivity index (χ3v) is 1.97. The third kappa shape index (κ3) is 1.74. The predicted molar refractivity (Wildman–Crippen MR) is 53.1 cm³/mol. The molecule has 0 aliphatic rings. The Morgan fingerprint density at radius 3 is 2.47 bits per heavy atom. The number of phenols is 2. The highest BCUT2D eigenvalue weighted by Gasteiger charge is 2.15. The minimum Gasteiger partial charge on any atom is -0.504 e. The Morgan fingerprint density at radius 2 is 2.00 bits per heavy atom. The summed E-state index contributed by atoms with van der Waals surface area (Å²) in [5.41, 5.74) is 0.471. The van der Waals surface area contributed by atoms with Gasteiger partial charge in [0.1, 0.15) is 11.6 Å². The fraction of sp³-hybridized carbons (Fsp3) is 0.0909. The Bertz CT molecular complexity index is 493. The molecule has 1 aromatic rings. The molecule has 0 aliphatic carbocycles. The molecule has 0 amide bonds. The van der Waals surface area contributed by atoms with Crippen LogP contribution >= 0.6 is 0 Å². The van der Waals surface area contributed by atoms with Crippen molar-refractivity contribution < 1.29 is 10.2 Å². The van der Waals surface area contributed by atoms with Crippen LogP contribution in [0.2, 0.25) is 0 Å². The van der Waals surface area contributed by atoms with E-state index < -0.39 is 11.5 Å². The van der Waals surface area contributed by atoms with Crippen LogP contribution in [0, 0.1) is 22.7 Å². The Morgan fingerprint density at radius 1 is 1.33 bits per heavy atom. The van der Waals surface area contributed by atoms with Crippen molar-refractivity contribution in [2.24, 2.45) is 0 Å². The second kappa shape index (κ2) is 4.17. The fourth-order valence-electron chi connectivity index (χ4n) is 1.27. The van der Waals surface area contributed by atoms with E-state index in [-0.39, 0.29) is 11.1 Å². The molecular weight excluding hydrogens is 192 g/mol. The first kappa shape index (κ1) is 10.6. The maximum atomic E-state index is 9.41. The minimum atomic E-state index is -0.492. The molecule has 0 heterocycles. The molecule has 0 spiro atoms. The number of aromatic hydroxyl groups is 2. The second-order valence-electron chi connectivity index (χ2n) is 2.86. The summed E-state index contributed by atoms with van der Waals surface area (Å²) in [5.74, 6) is -0.954. The number of allylic oxidation sites excluding steroid dienone is 1. The van der Waals surface area contributed by atoms with Crippen LogP contribution in [0.25, 0.3) is 0 Å². The molecule has 0 bridgehead atoms. The highest BCUT2D eigenvalue weighted by Crippen LogP contribution is 2.33. The van der Waals surface area contributed by atoms with Gasteiger partial charge < -0.3 is 10.2 Å². The molecule has 0 radical (unpaired) electrons. The van der Waals surface area contributed by atoms with Crippen LogP contribution in [0.4, 0.5) is 0 Å². The Labute approximate surface area is 86.9 Å². The molecule has 15 heavy (non-hydrogen) atoms. The smallest absolute Gasteiger partial charge is 0.175 e. The van der Waals surface area contributed by atoms with E-state index in [0.29, 0.717) is 12.0 Å². The Kier molecular flexibility index (Phi) is 2.95. The number of hydrogen-bond donors (Lipinski definition) is 2. The molecule has 0 atom stereocenters. The van der Waals surface area contributed by atoms with Gasteiger partial charge in [-0.25, -0.2) is 0 Å². The van der Waals surface area contributed by atoms with E-state index >= 15 is 0 Å². The van der Waals surface area contributed by atoms with Crippen molar-refractivity contribution in [3.05, 3.63) is 35.4 Å².